The van der Waals surface area contributed by atoms with E-state index >= 15 is 0 Å². The van der Waals surface area contributed by atoms with Crippen molar-refractivity contribution in [2.45, 2.75) is 34.4 Å². The van der Waals surface area contributed by atoms with Crippen molar-refractivity contribution in [3.63, 3.8) is 0 Å². The molecule has 0 N–H and O–H groups in total. The number of hydrogen-bond acceptors (Lipinski definition) is 0. The van der Waals surface area contributed by atoms with E-state index in [1.165, 1.54) is 0 Å². The molecule has 1 radical (unpaired) electrons. The van der Waals surface area contributed by atoms with E-state index in [9.17, 15) is 0 Å². The minimum absolute atomic E-state index is 0. The van der Waals surface area contributed by atoms with Crippen LogP contribution in [0.2, 0.25) is 13.1 Å². The Labute approximate surface area is 71.5 Å². The monoisotopic (exact) mass is 302 g/mol. The Morgan fingerprint density at radius 3 is 1.12 bits per heavy atom. The molecule has 0 aromatic heterocycles. The molecule has 2 heteroatoms. The van der Waals surface area contributed by atoms with Gasteiger partial charge in [0.1, 0.15) is 0 Å². The summed E-state index contributed by atoms with van der Waals surface area (Å²) in [5.74, 6) is 0. The molecule has 0 bridgehead atoms. The minimum atomic E-state index is 0. The summed E-state index contributed by atoms with van der Waals surface area (Å²) in [5.41, 5.74) is 0. The third-order valence-corrected chi connectivity index (χ3v) is 0. The number of rotatable bonds is 0. The van der Waals surface area contributed by atoms with Crippen LogP contribution in [0.4, 0.5) is 0 Å². The third kappa shape index (κ3) is 294. The van der Waals surface area contributed by atoms with Gasteiger partial charge in [-0.05, 0) is 0 Å². The molecule has 0 aliphatic rings. The number of hydrogen-bond donors (Lipinski definition) is 0. The Morgan fingerprint density at radius 1 is 1.12 bits per heavy atom. The maximum atomic E-state index is 2.21. The van der Waals surface area contributed by atoms with E-state index < -0.39 is 0 Å². The molecule has 0 aromatic carbocycles. The molecule has 0 amide bonds. The van der Waals surface area contributed by atoms with Crippen LogP contribution in [0.25, 0.3) is 0 Å². The smallest absolute Gasteiger partial charge is 0.0213 e. The molecule has 0 aliphatic heterocycles. The molecule has 0 nitrogen and oxygen atoms in total. The van der Waals surface area contributed by atoms with Gasteiger partial charge in [-0.15, -0.1) is 0 Å². The summed E-state index contributed by atoms with van der Waals surface area (Å²) >= 11 is 0. The first-order valence-corrected chi connectivity index (χ1v) is 4.62. The molecule has 53 valence electrons. The molecular weight excluding hydrogens is 284 g/mol. The van der Waals surface area contributed by atoms with E-state index in [2.05, 4.69) is 13.1 Å². The van der Waals surface area contributed by atoms with Crippen LogP contribution < -0.4 is 0 Å². The van der Waals surface area contributed by atoms with E-state index in [0.717, 1.165) is 9.52 Å². The normalized spacial score (nSPS) is 4.50. The standard InChI is InChI=1S/C3H7.C2H7Si.CH4.W/c2*1-3-2;;/h2*3H,1-2H3;1H4;/q-1;;;. The van der Waals surface area contributed by atoms with Crippen LogP contribution in [0.3, 0.4) is 0 Å². The Balaban J connectivity index is -0.0000000160. The predicted molar refractivity (Wildman–Crippen MR) is 41.3 cm³/mol. The fraction of sp³-hybridized carbons (Fsp3) is 0.833. The molecule has 0 spiro atoms. The van der Waals surface area contributed by atoms with E-state index in [1.54, 1.807) is 0 Å². The van der Waals surface area contributed by atoms with E-state index in [4.69, 9.17) is 0 Å². The van der Waals surface area contributed by atoms with Gasteiger partial charge in [0.15, 0.2) is 0 Å². The van der Waals surface area contributed by atoms with Gasteiger partial charge < -0.3 is 6.42 Å². The molecule has 0 saturated heterocycles. The summed E-state index contributed by atoms with van der Waals surface area (Å²) in [6.45, 7) is 8.42. The van der Waals surface area contributed by atoms with Crippen molar-refractivity contribution in [2.75, 3.05) is 0 Å². The van der Waals surface area contributed by atoms with Crippen molar-refractivity contribution in [1.29, 1.82) is 0 Å². The summed E-state index contributed by atoms with van der Waals surface area (Å²) < 4.78 is 0. The first kappa shape index (κ1) is 23.1. The third-order valence-electron chi connectivity index (χ3n) is 0. The predicted octanol–water partition coefficient (Wildman–Crippen LogP) is 2.38. The first-order chi connectivity index (χ1) is 2.83. The van der Waals surface area contributed by atoms with Crippen molar-refractivity contribution in [2.24, 2.45) is 0 Å². The molecule has 0 fully saturated rings. The Kier molecular flexibility index (Phi) is 129. The Bertz CT molecular complexity index is 10.5. The molecule has 0 rings (SSSR count). The largest absolute Gasteiger partial charge is 0.335 e. The second-order valence-corrected chi connectivity index (χ2v) is 2.31. The molecular formula is C6H18SiW-. The van der Waals surface area contributed by atoms with E-state index in [1.807, 2.05) is 20.3 Å². The Morgan fingerprint density at radius 2 is 1.12 bits per heavy atom. The zero-order valence-corrected chi connectivity index (χ0v) is 9.65. The Hall–Kier alpha value is 0.905. The molecule has 0 aromatic rings. The van der Waals surface area contributed by atoms with Gasteiger partial charge >= 0.3 is 0 Å². The van der Waals surface area contributed by atoms with Gasteiger partial charge in [0, 0.05) is 30.6 Å². The van der Waals surface area contributed by atoms with Crippen molar-refractivity contribution >= 4 is 9.52 Å². The zero-order chi connectivity index (χ0) is 5.41. The SMILES string of the molecule is C.C[CH-]C.C[SiH]C.[W]. The van der Waals surface area contributed by atoms with Crippen LogP contribution in [0.5, 0.6) is 0 Å². The summed E-state index contributed by atoms with van der Waals surface area (Å²) in [5, 5.41) is 0. The van der Waals surface area contributed by atoms with Crippen LogP contribution in [-0.4, -0.2) is 9.52 Å². The molecule has 0 heterocycles. The molecule has 8 heavy (non-hydrogen) atoms. The van der Waals surface area contributed by atoms with Crippen molar-refractivity contribution < 1.29 is 21.1 Å². The zero-order valence-electron chi connectivity index (χ0n) is 5.56. The van der Waals surface area contributed by atoms with Crippen molar-refractivity contribution in [3.8, 4) is 0 Å². The molecule has 0 atom stereocenters. The molecule has 0 saturated carbocycles. The van der Waals surface area contributed by atoms with Gasteiger partial charge in [0.2, 0.25) is 0 Å². The average Bonchev–Trinajstić information content (AvgIpc) is 1.39. The van der Waals surface area contributed by atoms with Crippen LogP contribution in [0.1, 0.15) is 21.3 Å². The fourth-order valence-corrected chi connectivity index (χ4v) is 0. The second-order valence-electron chi connectivity index (χ2n) is 1.15. The molecule has 0 aliphatic carbocycles. The van der Waals surface area contributed by atoms with Gasteiger partial charge in [-0.25, -0.2) is 0 Å². The maximum Gasteiger partial charge on any atom is 0.0213 e. The first-order valence-electron chi connectivity index (χ1n) is 2.31. The van der Waals surface area contributed by atoms with Gasteiger partial charge in [0.05, 0.1) is 0 Å². The second kappa shape index (κ2) is 44.7. The minimum Gasteiger partial charge on any atom is -0.335 e. The quantitative estimate of drug-likeness (QED) is 0.476. The average molecular weight is 302 g/mol. The van der Waals surface area contributed by atoms with Crippen LogP contribution in [-0.2, 0) is 21.1 Å². The summed E-state index contributed by atoms with van der Waals surface area (Å²) in [4.78, 5) is 0. The van der Waals surface area contributed by atoms with Crippen LogP contribution in [0.15, 0.2) is 0 Å². The fourth-order valence-electron chi connectivity index (χ4n) is 0. The van der Waals surface area contributed by atoms with Crippen LogP contribution in [0, 0.1) is 6.42 Å². The van der Waals surface area contributed by atoms with Crippen molar-refractivity contribution in [1.82, 2.24) is 0 Å². The van der Waals surface area contributed by atoms with Crippen molar-refractivity contribution in [3.05, 3.63) is 6.42 Å². The maximum absolute atomic E-state index is 2.21. The van der Waals surface area contributed by atoms with Gasteiger partial charge in [0.25, 0.3) is 0 Å². The topological polar surface area (TPSA) is 0 Å². The van der Waals surface area contributed by atoms with Gasteiger partial charge in [-0.2, -0.15) is 13.8 Å². The van der Waals surface area contributed by atoms with Gasteiger partial charge in [-0.1, -0.05) is 20.5 Å². The summed E-state index contributed by atoms with van der Waals surface area (Å²) in [7, 11) is 0.750. The summed E-state index contributed by atoms with van der Waals surface area (Å²) in [6.07, 6.45) is 2.00. The van der Waals surface area contributed by atoms with Crippen LogP contribution >= 0.6 is 0 Å². The molecule has 0 unspecified atom stereocenters. The van der Waals surface area contributed by atoms with E-state index in [0.29, 0.717) is 0 Å². The van der Waals surface area contributed by atoms with E-state index in [-0.39, 0.29) is 28.5 Å². The van der Waals surface area contributed by atoms with Gasteiger partial charge in [-0.3, -0.25) is 0 Å². The summed E-state index contributed by atoms with van der Waals surface area (Å²) in [6, 6.07) is 0.